The van der Waals surface area contributed by atoms with Gasteiger partial charge in [-0.2, -0.15) is 0 Å². The molecule has 4 atom stereocenters. The molecule has 2 aliphatic carbocycles. The number of aliphatic hydroxyl groups is 3. The molecule has 2 aliphatic heterocycles. The lowest BCUT2D eigenvalue weighted by atomic mass is 9.77. The number of aliphatic hydroxyl groups excluding tert-OH is 3. The van der Waals surface area contributed by atoms with Crippen molar-refractivity contribution < 1.29 is 39.4 Å². The molecule has 0 amide bonds. The Bertz CT molecular complexity index is 2530. The van der Waals surface area contributed by atoms with E-state index in [1.807, 2.05) is 48.5 Å². The molecule has 4 unspecified atom stereocenters. The zero-order valence-electron chi connectivity index (χ0n) is 37.2. The highest BCUT2D eigenvalue weighted by Crippen LogP contribution is 2.44. The van der Waals surface area contributed by atoms with Crippen LogP contribution in [0.1, 0.15) is 103 Å². The van der Waals surface area contributed by atoms with Crippen molar-refractivity contribution >= 4 is 34.3 Å². The molecule has 0 radical (unpaired) electrons. The third kappa shape index (κ3) is 10.9. The molecule has 11 heteroatoms. The van der Waals surface area contributed by atoms with E-state index in [4.69, 9.17) is 19.9 Å². The van der Waals surface area contributed by atoms with Crippen molar-refractivity contribution in [3.05, 3.63) is 123 Å². The lowest BCUT2D eigenvalue weighted by molar-refractivity contribution is -0.121. The molecule has 336 valence electrons. The fourth-order valence-electron chi connectivity index (χ4n) is 9.33. The van der Waals surface area contributed by atoms with Crippen molar-refractivity contribution in [1.82, 2.24) is 0 Å². The number of ketones is 1. The monoisotopic (exact) mass is 867 g/mol. The normalized spacial score (nSPS) is 20.0. The zero-order valence-corrected chi connectivity index (χ0v) is 37.2. The van der Waals surface area contributed by atoms with Crippen LogP contribution in [0.5, 0.6) is 17.2 Å². The number of allylic oxidation sites excluding steroid dienone is 4. The third-order valence-corrected chi connectivity index (χ3v) is 12.8. The number of fused-ring (bicyclic) bond motifs is 9. The molecule has 8 rings (SSSR count). The van der Waals surface area contributed by atoms with Crippen molar-refractivity contribution in [2.24, 2.45) is 22.6 Å². The molecule has 4 aromatic rings. The van der Waals surface area contributed by atoms with Crippen molar-refractivity contribution in [3.63, 3.8) is 0 Å². The van der Waals surface area contributed by atoms with E-state index in [-0.39, 0.29) is 74.1 Å². The number of nitrogens with zero attached hydrogens (tertiary/aromatic N) is 1. The topological polar surface area (TPSA) is 176 Å². The molecule has 2 heterocycles. The van der Waals surface area contributed by atoms with Crippen molar-refractivity contribution in [1.29, 1.82) is 0 Å². The first-order valence-electron chi connectivity index (χ1n) is 22.5. The van der Waals surface area contributed by atoms with E-state index < -0.39 is 6.10 Å². The summed E-state index contributed by atoms with van der Waals surface area (Å²) in [4.78, 5) is 17.8. The summed E-state index contributed by atoms with van der Waals surface area (Å²) in [6.07, 6.45) is 16.8. The van der Waals surface area contributed by atoms with Crippen LogP contribution >= 0.6 is 0 Å². The van der Waals surface area contributed by atoms with Crippen LogP contribution in [0.2, 0.25) is 0 Å². The SMILES string of the molecule is CN=C(N)Nc1cccc(CCCCC2C=C(CCCO)C(O)=CC2CC2CC(=O)CCc3ccc(OC)c(c3)OCc3c(CO)cc4c(c(O)cc5c4c3C=CC5C)CC#CO2)c1. The number of guanidine groups is 1. The molecular formula is C53H61N3O8. The number of carbonyl (C=O) groups is 1. The fraction of sp³-hybridized carbons (Fsp3) is 0.396. The highest BCUT2D eigenvalue weighted by molar-refractivity contribution is 6.01. The number of phenols is 1. The van der Waals surface area contributed by atoms with Gasteiger partial charge in [-0.05, 0) is 143 Å². The summed E-state index contributed by atoms with van der Waals surface area (Å²) in [7, 11) is 3.24. The standard InChI is InChI=1S/C53H61N3O8/c1-33-15-19-44-47-32-64-51-24-35(17-20-50(51)62-3)16-18-41(59)29-42(63-22-8-14-43-46(27-39(47)31-58)52(44)45(33)30-49(43)61)26-38-28-48(60)37(12-7-21-57)25-36(38)11-5-4-9-34-10-6-13-40(23-34)56-53(54)55-2/h6,10,13,15,17,19-20,23-25,27-28,30,33,36,38,42,57-58,60-61H,4-5,7,9,11-12,14,16,18,21,26,29,31-32H2,1-3H3,(H3,54,55,56). The highest BCUT2D eigenvalue weighted by atomic mass is 16.5. The maximum absolute atomic E-state index is 13.8. The second-order valence-corrected chi connectivity index (χ2v) is 17.1. The van der Waals surface area contributed by atoms with E-state index in [0.717, 1.165) is 70.0 Å². The summed E-state index contributed by atoms with van der Waals surface area (Å²) in [5.74, 6) is 4.93. The number of hydrogen-bond donors (Lipinski definition) is 6. The fourth-order valence-corrected chi connectivity index (χ4v) is 9.33. The quantitative estimate of drug-likeness (QED) is 0.0329. The average Bonchev–Trinajstić information content (AvgIpc) is 3.29. The first-order valence-corrected chi connectivity index (χ1v) is 22.5. The Balaban J connectivity index is 1.17. The lowest BCUT2D eigenvalue weighted by Gasteiger charge is -2.30. The van der Waals surface area contributed by atoms with Crippen LogP contribution in [0.4, 0.5) is 5.69 Å². The number of anilines is 1. The van der Waals surface area contributed by atoms with E-state index in [1.54, 1.807) is 14.2 Å². The van der Waals surface area contributed by atoms with E-state index in [1.165, 1.54) is 5.56 Å². The minimum atomic E-state index is -0.574. The average molecular weight is 868 g/mol. The molecule has 0 spiro atoms. The van der Waals surface area contributed by atoms with Gasteiger partial charge >= 0.3 is 0 Å². The second kappa shape index (κ2) is 21.4. The number of aromatic hydroxyl groups is 1. The number of benzene rings is 4. The van der Waals surface area contributed by atoms with Gasteiger partial charge in [-0.25, -0.2) is 0 Å². The van der Waals surface area contributed by atoms with Gasteiger partial charge in [-0.1, -0.05) is 55.7 Å². The van der Waals surface area contributed by atoms with Gasteiger partial charge in [0, 0.05) is 55.6 Å². The molecule has 64 heavy (non-hydrogen) atoms. The maximum atomic E-state index is 13.8. The van der Waals surface area contributed by atoms with Crippen molar-refractivity contribution in [2.75, 3.05) is 26.1 Å². The number of Topliss-reactive ketones (excluding diaryl/α,β-unsaturated/α-hetero) is 1. The van der Waals surface area contributed by atoms with Gasteiger partial charge in [0.05, 0.1) is 13.7 Å². The Kier molecular flexibility index (Phi) is 15.3. The largest absolute Gasteiger partial charge is 0.508 e. The van der Waals surface area contributed by atoms with Crippen LogP contribution in [0.25, 0.3) is 16.8 Å². The highest BCUT2D eigenvalue weighted by Gasteiger charge is 2.30. The number of rotatable bonds is 13. The third-order valence-electron chi connectivity index (χ3n) is 12.8. The van der Waals surface area contributed by atoms with E-state index in [0.29, 0.717) is 54.3 Å². The van der Waals surface area contributed by atoms with E-state index in [2.05, 4.69) is 59.6 Å². The first kappa shape index (κ1) is 45.8. The number of aryl methyl sites for hydroxylation is 2. The second-order valence-electron chi connectivity index (χ2n) is 17.1. The van der Waals surface area contributed by atoms with E-state index in [9.17, 15) is 25.2 Å². The number of hydrogen-bond acceptors (Lipinski definition) is 9. The summed E-state index contributed by atoms with van der Waals surface area (Å²) < 4.78 is 18.5. The van der Waals surface area contributed by atoms with Gasteiger partial charge in [0.25, 0.3) is 0 Å². The van der Waals surface area contributed by atoms with Gasteiger partial charge in [-0.15, -0.1) is 0 Å². The Morgan fingerprint density at radius 3 is 2.66 bits per heavy atom. The number of methoxy groups -OCH3 is 1. The molecular weight excluding hydrogens is 807 g/mol. The number of aliphatic imine (C=N–C) groups is 1. The zero-order chi connectivity index (χ0) is 45.2. The van der Waals surface area contributed by atoms with Crippen molar-refractivity contribution in [3.8, 4) is 29.3 Å². The van der Waals surface area contributed by atoms with Crippen molar-refractivity contribution in [2.45, 2.75) is 103 Å². The summed E-state index contributed by atoms with van der Waals surface area (Å²) in [6.45, 7) is 2.06. The van der Waals surface area contributed by atoms with Gasteiger partial charge in [0.2, 0.25) is 0 Å². The summed E-state index contributed by atoms with van der Waals surface area (Å²) >= 11 is 0. The minimum absolute atomic E-state index is 0.0236. The van der Waals surface area contributed by atoms with Gasteiger partial charge in [0.15, 0.2) is 17.5 Å². The van der Waals surface area contributed by atoms with Crippen LogP contribution in [0.15, 0.2) is 89.2 Å². The predicted molar refractivity (Wildman–Crippen MR) is 252 cm³/mol. The van der Waals surface area contributed by atoms with Gasteiger partial charge in [0.1, 0.15) is 36.1 Å². The number of nitrogens with two attached hydrogens (primary N) is 1. The van der Waals surface area contributed by atoms with Crippen LogP contribution in [-0.4, -0.2) is 59.0 Å². The Labute approximate surface area is 376 Å². The number of unbranched alkanes of at least 4 members (excludes halogenated alkanes) is 1. The van der Waals surface area contributed by atoms with Gasteiger partial charge in [-0.3, -0.25) is 9.79 Å². The van der Waals surface area contributed by atoms with Crippen LogP contribution in [0.3, 0.4) is 0 Å². The van der Waals surface area contributed by atoms with Crippen LogP contribution in [-0.2, 0) is 42.0 Å². The summed E-state index contributed by atoms with van der Waals surface area (Å²) in [5.41, 5.74) is 13.8. The number of carbonyl (C=O) groups excluding carboxylic acids is 1. The molecule has 4 aromatic carbocycles. The van der Waals surface area contributed by atoms with E-state index >= 15 is 0 Å². The Morgan fingerprint density at radius 2 is 1.86 bits per heavy atom. The summed E-state index contributed by atoms with van der Waals surface area (Å²) in [5, 5.41) is 47.9. The molecule has 0 saturated heterocycles. The number of phenolic OH excluding ortho intramolecular Hbond substituents is 1. The molecule has 6 bridgehead atoms. The van der Waals surface area contributed by atoms with Crippen LogP contribution < -0.4 is 20.5 Å². The Morgan fingerprint density at radius 1 is 1.00 bits per heavy atom. The molecule has 0 fully saturated rings. The molecule has 11 nitrogen and oxygen atoms in total. The maximum Gasteiger partial charge on any atom is 0.192 e. The smallest absolute Gasteiger partial charge is 0.192 e. The molecule has 7 N–H and O–H groups in total. The summed E-state index contributed by atoms with van der Waals surface area (Å²) in [6, 6.07) is 17.6. The molecule has 0 saturated carbocycles. The number of nitrogens with one attached hydrogen (secondary N) is 1. The first-order chi connectivity index (χ1) is 31.1. The molecule has 4 aliphatic rings. The Hall–Kier alpha value is -6.22. The lowest BCUT2D eigenvalue weighted by Crippen LogP contribution is -2.25. The van der Waals surface area contributed by atoms with Crippen LogP contribution in [0, 0.1) is 23.9 Å². The van der Waals surface area contributed by atoms with Gasteiger partial charge < -0.3 is 45.7 Å². The molecule has 0 aromatic heterocycles. The number of ether oxygens (including phenoxy) is 3. The predicted octanol–water partition coefficient (Wildman–Crippen LogP) is 9.10. The minimum Gasteiger partial charge on any atom is -0.508 e.